The van der Waals surface area contributed by atoms with Gasteiger partial charge in [0.1, 0.15) is 17.6 Å². The van der Waals surface area contributed by atoms with E-state index in [4.69, 9.17) is 9.15 Å². The van der Waals surface area contributed by atoms with Gasteiger partial charge in [-0.15, -0.1) is 0 Å². The Morgan fingerprint density at radius 1 is 1.30 bits per heavy atom. The summed E-state index contributed by atoms with van der Waals surface area (Å²) in [6, 6.07) is 0. The molecule has 0 bridgehead atoms. The van der Waals surface area contributed by atoms with Crippen LogP contribution in [-0.4, -0.2) is 59.6 Å². The first kappa shape index (κ1) is 15.4. The van der Waals surface area contributed by atoms with Crippen LogP contribution in [0, 0.1) is 6.92 Å². The van der Waals surface area contributed by atoms with Crippen LogP contribution in [0.4, 0.5) is 5.82 Å². The molecule has 1 aliphatic heterocycles. The third kappa shape index (κ3) is 3.02. The van der Waals surface area contributed by atoms with Gasteiger partial charge in [0.05, 0.1) is 13.2 Å². The van der Waals surface area contributed by atoms with Gasteiger partial charge in [0, 0.05) is 33.0 Å². The minimum Gasteiger partial charge on any atom is -0.448 e. The van der Waals surface area contributed by atoms with E-state index in [0.717, 1.165) is 11.5 Å². The van der Waals surface area contributed by atoms with E-state index in [9.17, 15) is 4.79 Å². The largest absolute Gasteiger partial charge is 0.448 e. The quantitative estimate of drug-likeness (QED) is 0.836. The van der Waals surface area contributed by atoms with Crippen molar-refractivity contribution in [1.82, 2.24) is 19.9 Å². The fourth-order valence-electron chi connectivity index (χ4n) is 2.57. The van der Waals surface area contributed by atoms with Crippen molar-refractivity contribution >= 4 is 11.7 Å². The molecule has 1 aliphatic rings. The Morgan fingerprint density at radius 3 is 2.78 bits per heavy atom. The zero-order valence-corrected chi connectivity index (χ0v) is 13.4. The number of morpholine rings is 1. The fraction of sp³-hybridized carbons (Fsp3) is 0.467. The van der Waals surface area contributed by atoms with E-state index in [1.165, 1.54) is 6.39 Å². The normalized spacial score (nSPS) is 18.0. The molecule has 1 fully saturated rings. The van der Waals surface area contributed by atoms with Crippen LogP contribution in [0.3, 0.4) is 0 Å². The number of carbonyl (C=O) groups excluding carboxylic acids is 1. The summed E-state index contributed by atoms with van der Waals surface area (Å²) in [5.41, 5.74) is 1.07. The Balaban J connectivity index is 1.82. The topological polar surface area (TPSA) is 84.6 Å². The number of nitrogens with zero attached hydrogens (tertiary/aromatic N) is 5. The maximum atomic E-state index is 12.6. The second kappa shape index (κ2) is 6.33. The van der Waals surface area contributed by atoms with E-state index in [1.807, 2.05) is 19.0 Å². The van der Waals surface area contributed by atoms with Gasteiger partial charge in [-0.05, 0) is 6.92 Å². The van der Waals surface area contributed by atoms with Crippen molar-refractivity contribution in [3.8, 4) is 0 Å². The highest BCUT2D eigenvalue weighted by atomic mass is 16.5. The smallest absolute Gasteiger partial charge is 0.276 e. The molecule has 1 amide bonds. The molecule has 1 atom stereocenters. The molecule has 8 heteroatoms. The number of anilines is 1. The van der Waals surface area contributed by atoms with Gasteiger partial charge in [-0.25, -0.2) is 9.97 Å². The van der Waals surface area contributed by atoms with Gasteiger partial charge in [-0.2, -0.15) is 0 Å². The molecular formula is C15H19N5O3. The molecular weight excluding hydrogens is 298 g/mol. The monoisotopic (exact) mass is 317 g/mol. The highest BCUT2D eigenvalue weighted by Gasteiger charge is 2.31. The number of rotatable bonds is 3. The van der Waals surface area contributed by atoms with Gasteiger partial charge < -0.3 is 19.0 Å². The minimum absolute atomic E-state index is 0.153. The van der Waals surface area contributed by atoms with Crippen LogP contribution < -0.4 is 4.90 Å². The van der Waals surface area contributed by atoms with E-state index in [2.05, 4.69) is 15.0 Å². The molecule has 1 saturated heterocycles. The number of hydrogen-bond acceptors (Lipinski definition) is 7. The first-order valence-corrected chi connectivity index (χ1v) is 7.37. The molecule has 0 aliphatic carbocycles. The summed E-state index contributed by atoms with van der Waals surface area (Å²) in [7, 11) is 3.80. The molecule has 0 spiro atoms. The molecule has 3 rings (SSSR count). The van der Waals surface area contributed by atoms with Crippen molar-refractivity contribution in [2.24, 2.45) is 0 Å². The summed E-state index contributed by atoms with van der Waals surface area (Å²) in [5, 5.41) is 0. The number of hydrogen-bond donors (Lipinski definition) is 0. The standard InChI is InChI=1S/C15H19N5O3/c1-10-12(18-9-23-10)15(21)20-6-7-22-11(8-20)13-14(19(2)3)17-5-4-16-13/h4-5,9,11H,6-8H2,1-3H3/t11-/m1/s1. The molecule has 0 N–H and O–H groups in total. The highest BCUT2D eigenvalue weighted by Crippen LogP contribution is 2.27. The zero-order chi connectivity index (χ0) is 16.4. The SMILES string of the molecule is Cc1ocnc1C(=O)N1CCO[C@@H](c2nccnc2N(C)C)C1. The second-order valence-corrected chi connectivity index (χ2v) is 5.53. The summed E-state index contributed by atoms with van der Waals surface area (Å²) < 4.78 is 10.9. The Hall–Kier alpha value is -2.48. The average Bonchev–Trinajstić information content (AvgIpc) is 3.00. The number of oxazole rings is 1. The molecule has 2 aromatic rings. The predicted octanol–water partition coefficient (Wildman–Crippen LogP) is 1.05. The van der Waals surface area contributed by atoms with Crippen LogP contribution in [0.1, 0.15) is 28.0 Å². The lowest BCUT2D eigenvalue weighted by molar-refractivity contribution is -0.0248. The average molecular weight is 317 g/mol. The Bertz CT molecular complexity index is 700. The van der Waals surface area contributed by atoms with Crippen molar-refractivity contribution in [2.75, 3.05) is 38.7 Å². The third-order valence-corrected chi connectivity index (χ3v) is 3.74. The van der Waals surface area contributed by atoms with Crippen molar-refractivity contribution in [3.05, 3.63) is 35.9 Å². The summed E-state index contributed by atoms with van der Waals surface area (Å²) in [5.74, 6) is 1.11. The van der Waals surface area contributed by atoms with E-state index < -0.39 is 0 Å². The van der Waals surface area contributed by atoms with Crippen LogP contribution >= 0.6 is 0 Å². The molecule has 0 unspecified atom stereocenters. The van der Waals surface area contributed by atoms with E-state index in [0.29, 0.717) is 31.2 Å². The molecule has 3 heterocycles. The molecule has 2 aromatic heterocycles. The highest BCUT2D eigenvalue weighted by molar-refractivity contribution is 5.93. The molecule has 0 saturated carbocycles. The number of aryl methyl sites for hydroxylation is 1. The Kier molecular flexibility index (Phi) is 4.24. The lowest BCUT2D eigenvalue weighted by Gasteiger charge is -2.33. The van der Waals surface area contributed by atoms with Crippen LogP contribution in [0.15, 0.2) is 23.2 Å². The second-order valence-electron chi connectivity index (χ2n) is 5.53. The summed E-state index contributed by atoms with van der Waals surface area (Å²) in [4.78, 5) is 28.9. The first-order valence-electron chi connectivity index (χ1n) is 7.37. The Labute approximate surface area is 134 Å². The van der Waals surface area contributed by atoms with Crippen LogP contribution in [-0.2, 0) is 4.74 Å². The van der Waals surface area contributed by atoms with Crippen molar-refractivity contribution < 1.29 is 13.9 Å². The maximum absolute atomic E-state index is 12.6. The van der Waals surface area contributed by atoms with Crippen molar-refractivity contribution in [3.63, 3.8) is 0 Å². The number of aromatic nitrogens is 3. The van der Waals surface area contributed by atoms with Gasteiger partial charge in [0.25, 0.3) is 5.91 Å². The maximum Gasteiger partial charge on any atom is 0.276 e. The van der Waals surface area contributed by atoms with Crippen LogP contribution in [0.25, 0.3) is 0 Å². The van der Waals surface area contributed by atoms with Crippen molar-refractivity contribution in [1.29, 1.82) is 0 Å². The van der Waals surface area contributed by atoms with E-state index in [-0.39, 0.29) is 12.0 Å². The zero-order valence-electron chi connectivity index (χ0n) is 13.4. The van der Waals surface area contributed by atoms with E-state index >= 15 is 0 Å². The summed E-state index contributed by atoms with van der Waals surface area (Å²) >= 11 is 0. The number of carbonyl (C=O) groups is 1. The molecule has 0 radical (unpaired) electrons. The lowest BCUT2D eigenvalue weighted by atomic mass is 10.1. The fourth-order valence-corrected chi connectivity index (χ4v) is 2.57. The van der Waals surface area contributed by atoms with Crippen LogP contribution in [0.2, 0.25) is 0 Å². The number of ether oxygens (including phenoxy) is 1. The minimum atomic E-state index is -0.314. The third-order valence-electron chi connectivity index (χ3n) is 3.74. The van der Waals surface area contributed by atoms with Gasteiger partial charge in [-0.1, -0.05) is 0 Å². The molecule has 122 valence electrons. The predicted molar refractivity (Wildman–Crippen MR) is 82.2 cm³/mol. The van der Waals surface area contributed by atoms with Gasteiger partial charge >= 0.3 is 0 Å². The first-order chi connectivity index (χ1) is 11.1. The number of amides is 1. The van der Waals surface area contributed by atoms with Gasteiger partial charge in [0.2, 0.25) is 0 Å². The summed E-state index contributed by atoms with van der Waals surface area (Å²) in [6.45, 7) is 3.09. The molecule has 23 heavy (non-hydrogen) atoms. The Morgan fingerprint density at radius 2 is 2.09 bits per heavy atom. The van der Waals surface area contributed by atoms with Crippen molar-refractivity contribution in [2.45, 2.75) is 13.0 Å². The van der Waals surface area contributed by atoms with Gasteiger partial charge in [0.15, 0.2) is 17.9 Å². The molecule has 8 nitrogen and oxygen atoms in total. The van der Waals surface area contributed by atoms with Crippen LogP contribution in [0.5, 0.6) is 0 Å². The van der Waals surface area contributed by atoms with Gasteiger partial charge in [-0.3, -0.25) is 9.78 Å². The lowest BCUT2D eigenvalue weighted by Crippen LogP contribution is -2.43. The van der Waals surface area contributed by atoms with E-state index in [1.54, 1.807) is 24.2 Å². The summed E-state index contributed by atoms with van der Waals surface area (Å²) in [6.07, 6.45) is 4.25. The molecule has 0 aromatic carbocycles.